The summed E-state index contributed by atoms with van der Waals surface area (Å²) in [7, 11) is 0. The van der Waals surface area contributed by atoms with Gasteiger partial charge in [-0.1, -0.05) is 12.1 Å². The molecule has 0 bridgehead atoms. The predicted octanol–water partition coefficient (Wildman–Crippen LogP) is 5.55. The second kappa shape index (κ2) is 8.67. The average Bonchev–Trinajstić information content (AvgIpc) is 2.71. The smallest absolute Gasteiger partial charge is 0.372 e. The van der Waals surface area contributed by atoms with Gasteiger partial charge in [-0.2, -0.15) is 26.3 Å². The molecule has 1 saturated heterocycles. The largest absolute Gasteiger partial charge is 0.416 e. The fraction of sp³-hybridized carbons (Fsp3) is 0.381. The highest BCUT2D eigenvalue weighted by Gasteiger charge is 2.31. The number of benzene rings is 2. The molecule has 0 aromatic heterocycles. The minimum atomic E-state index is -4.47. The van der Waals surface area contributed by atoms with Gasteiger partial charge in [-0.25, -0.2) is 0 Å². The van der Waals surface area contributed by atoms with Crippen LogP contribution >= 0.6 is 0 Å². The van der Waals surface area contributed by atoms with E-state index in [1.807, 2.05) is 0 Å². The molecule has 9 heteroatoms. The Morgan fingerprint density at radius 3 is 1.97 bits per heavy atom. The molecular weight excluding hydrogens is 412 g/mol. The van der Waals surface area contributed by atoms with E-state index in [2.05, 4.69) is 0 Å². The molecule has 0 N–H and O–H groups in total. The summed E-state index contributed by atoms with van der Waals surface area (Å²) in [4.78, 5) is 14.1. The van der Waals surface area contributed by atoms with E-state index >= 15 is 0 Å². The van der Waals surface area contributed by atoms with E-state index in [1.54, 1.807) is 0 Å². The van der Waals surface area contributed by atoms with Crippen LogP contribution in [0.5, 0.6) is 0 Å². The van der Waals surface area contributed by atoms with Crippen molar-refractivity contribution in [2.24, 2.45) is 0 Å². The van der Waals surface area contributed by atoms with Crippen molar-refractivity contribution >= 4 is 5.91 Å². The standard InChI is InChI=1S/C21H19F6NO2/c22-20(23,24)16-7-3-14(4-8-16)13-30-18-2-1-11-28(12-18)19(29)15-5-9-17(10-6-15)21(25,26)27/h3-10,18H,1-2,11-13H2/t18-/m1/s1. The van der Waals surface area contributed by atoms with Crippen LogP contribution in [0.3, 0.4) is 0 Å². The number of carbonyl (C=O) groups excluding carboxylic acids is 1. The molecule has 1 heterocycles. The summed E-state index contributed by atoms with van der Waals surface area (Å²) in [6, 6.07) is 8.70. The first-order chi connectivity index (χ1) is 14.0. The molecule has 2 aromatic rings. The second-order valence-electron chi connectivity index (χ2n) is 7.10. The van der Waals surface area contributed by atoms with Crippen molar-refractivity contribution in [3.8, 4) is 0 Å². The van der Waals surface area contributed by atoms with Crippen LogP contribution in [-0.2, 0) is 23.7 Å². The molecule has 30 heavy (non-hydrogen) atoms. The normalized spacial score (nSPS) is 17.8. The molecule has 3 nitrogen and oxygen atoms in total. The van der Waals surface area contributed by atoms with Crippen molar-refractivity contribution in [3.05, 3.63) is 70.8 Å². The van der Waals surface area contributed by atoms with E-state index in [1.165, 1.54) is 17.0 Å². The minimum Gasteiger partial charge on any atom is -0.372 e. The van der Waals surface area contributed by atoms with Gasteiger partial charge in [0.15, 0.2) is 0 Å². The Morgan fingerprint density at radius 1 is 0.900 bits per heavy atom. The molecule has 2 aromatic carbocycles. The molecule has 0 radical (unpaired) electrons. The van der Waals surface area contributed by atoms with Crippen LogP contribution in [0.25, 0.3) is 0 Å². The van der Waals surface area contributed by atoms with Crippen LogP contribution in [0.2, 0.25) is 0 Å². The van der Waals surface area contributed by atoms with Gasteiger partial charge in [0.05, 0.1) is 23.8 Å². The quantitative estimate of drug-likeness (QED) is 0.595. The van der Waals surface area contributed by atoms with Crippen molar-refractivity contribution in [2.75, 3.05) is 13.1 Å². The summed E-state index contributed by atoms with van der Waals surface area (Å²) in [6.45, 7) is 0.825. The molecule has 1 atom stereocenters. The number of amides is 1. The van der Waals surface area contributed by atoms with Crippen LogP contribution in [0.4, 0.5) is 26.3 Å². The number of likely N-dealkylation sites (tertiary alicyclic amines) is 1. The number of halogens is 6. The molecule has 0 saturated carbocycles. The van der Waals surface area contributed by atoms with Crippen LogP contribution in [0.1, 0.15) is 39.9 Å². The second-order valence-corrected chi connectivity index (χ2v) is 7.10. The van der Waals surface area contributed by atoms with Crippen molar-refractivity contribution in [1.29, 1.82) is 0 Å². The Kier molecular flexibility index (Phi) is 6.40. The van der Waals surface area contributed by atoms with E-state index in [-0.39, 0.29) is 30.7 Å². The molecule has 0 unspecified atom stereocenters. The van der Waals surface area contributed by atoms with Crippen molar-refractivity contribution in [1.82, 2.24) is 4.90 Å². The van der Waals surface area contributed by atoms with E-state index in [0.717, 1.165) is 36.4 Å². The number of piperidine rings is 1. The van der Waals surface area contributed by atoms with Gasteiger partial charge in [-0.05, 0) is 54.8 Å². The molecule has 162 valence electrons. The van der Waals surface area contributed by atoms with Crippen molar-refractivity contribution in [3.63, 3.8) is 0 Å². The number of ether oxygens (including phenoxy) is 1. The van der Waals surface area contributed by atoms with Gasteiger partial charge >= 0.3 is 12.4 Å². The predicted molar refractivity (Wildman–Crippen MR) is 96.6 cm³/mol. The highest BCUT2D eigenvalue weighted by molar-refractivity contribution is 5.94. The Labute approximate surface area is 169 Å². The third kappa shape index (κ3) is 5.53. The monoisotopic (exact) mass is 431 g/mol. The Morgan fingerprint density at radius 2 is 1.43 bits per heavy atom. The summed E-state index contributed by atoms with van der Waals surface area (Å²) in [5.41, 5.74) is -0.826. The molecule has 1 fully saturated rings. The molecule has 1 amide bonds. The molecule has 0 aliphatic carbocycles. The third-order valence-corrected chi connectivity index (χ3v) is 4.89. The third-order valence-electron chi connectivity index (χ3n) is 4.89. The zero-order chi connectivity index (χ0) is 21.9. The zero-order valence-electron chi connectivity index (χ0n) is 15.8. The maximum Gasteiger partial charge on any atom is 0.416 e. The minimum absolute atomic E-state index is 0.102. The zero-order valence-corrected chi connectivity index (χ0v) is 15.8. The summed E-state index contributed by atoms with van der Waals surface area (Å²) in [6.07, 6.45) is -7.84. The fourth-order valence-corrected chi connectivity index (χ4v) is 3.25. The summed E-state index contributed by atoms with van der Waals surface area (Å²) < 4.78 is 81.6. The first kappa shape index (κ1) is 22.1. The molecule has 1 aliphatic rings. The maximum atomic E-state index is 12.7. The summed E-state index contributed by atoms with van der Waals surface area (Å²) in [5, 5.41) is 0. The Hall–Kier alpha value is -2.55. The lowest BCUT2D eigenvalue weighted by atomic mass is 10.1. The van der Waals surface area contributed by atoms with E-state index in [0.29, 0.717) is 24.9 Å². The van der Waals surface area contributed by atoms with Gasteiger partial charge in [0.2, 0.25) is 0 Å². The van der Waals surface area contributed by atoms with E-state index < -0.39 is 23.5 Å². The van der Waals surface area contributed by atoms with Crippen LogP contribution in [0.15, 0.2) is 48.5 Å². The number of carbonyl (C=O) groups is 1. The molecule has 0 spiro atoms. The van der Waals surface area contributed by atoms with Gasteiger partial charge in [-0.3, -0.25) is 4.79 Å². The number of rotatable bonds is 4. The van der Waals surface area contributed by atoms with Crippen molar-refractivity contribution in [2.45, 2.75) is 37.9 Å². The lowest BCUT2D eigenvalue weighted by Gasteiger charge is -2.33. The number of nitrogens with zero attached hydrogens (tertiary/aromatic N) is 1. The number of alkyl halides is 6. The SMILES string of the molecule is O=C(c1ccc(C(F)(F)F)cc1)N1CCC[C@@H](OCc2ccc(C(F)(F)F)cc2)C1. The average molecular weight is 431 g/mol. The molecular formula is C21H19F6NO2. The maximum absolute atomic E-state index is 12.7. The molecule has 3 rings (SSSR count). The lowest BCUT2D eigenvalue weighted by Crippen LogP contribution is -2.43. The summed E-state index contributed by atoms with van der Waals surface area (Å²) in [5.74, 6) is -0.383. The number of hydrogen-bond acceptors (Lipinski definition) is 2. The highest BCUT2D eigenvalue weighted by atomic mass is 19.4. The van der Waals surface area contributed by atoms with Gasteiger partial charge in [0.1, 0.15) is 0 Å². The van der Waals surface area contributed by atoms with Crippen LogP contribution in [0, 0.1) is 0 Å². The van der Waals surface area contributed by atoms with Gasteiger partial charge in [0.25, 0.3) is 5.91 Å². The van der Waals surface area contributed by atoms with E-state index in [4.69, 9.17) is 4.74 Å². The Balaban J connectivity index is 1.56. The first-order valence-electron chi connectivity index (χ1n) is 9.28. The Bertz CT molecular complexity index is 859. The molecule has 1 aliphatic heterocycles. The summed E-state index contributed by atoms with van der Waals surface area (Å²) >= 11 is 0. The van der Waals surface area contributed by atoms with Crippen LogP contribution < -0.4 is 0 Å². The van der Waals surface area contributed by atoms with Crippen LogP contribution in [-0.4, -0.2) is 30.0 Å². The topological polar surface area (TPSA) is 29.5 Å². The van der Waals surface area contributed by atoms with Gasteiger partial charge in [0, 0.05) is 18.7 Å². The highest BCUT2D eigenvalue weighted by Crippen LogP contribution is 2.30. The number of hydrogen-bond donors (Lipinski definition) is 0. The van der Waals surface area contributed by atoms with Gasteiger partial charge < -0.3 is 9.64 Å². The fourth-order valence-electron chi connectivity index (χ4n) is 3.25. The first-order valence-corrected chi connectivity index (χ1v) is 9.28. The van der Waals surface area contributed by atoms with Crippen molar-refractivity contribution < 1.29 is 35.9 Å². The van der Waals surface area contributed by atoms with E-state index in [9.17, 15) is 31.1 Å². The van der Waals surface area contributed by atoms with Gasteiger partial charge in [-0.15, -0.1) is 0 Å². The lowest BCUT2D eigenvalue weighted by molar-refractivity contribution is -0.138.